The lowest BCUT2D eigenvalue weighted by Gasteiger charge is -2.34. The van der Waals surface area contributed by atoms with Crippen LogP contribution in [-0.4, -0.2) is 31.5 Å². The van der Waals surface area contributed by atoms with E-state index in [-0.39, 0.29) is 18.4 Å². The predicted octanol–water partition coefficient (Wildman–Crippen LogP) is 3.51. The molecule has 4 rings (SSSR count). The zero-order valence-corrected chi connectivity index (χ0v) is 15.5. The minimum absolute atomic E-state index is 0.163. The van der Waals surface area contributed by atoms with E-state index in [1.807, 2.05) is 72.8 Å². The number of ether oxygens (including phenoxy) is 1. The van der Waals surface area contributed by atoms with E-state index in [9.17, 15) is 9.59 Å². The van der Waals surface area contributed by atoms with E-state index in [0.29, 0.717) is 17.0 Å². The SMILES string of the molecule is CNC(=O)C1CN(C(=O)c2ccc(-c3ccccc3)cc2)c2ccccc2O1. The lowest BCUT2D eigenvalue weighted by atomic mass is 10.0. The van der Waals surface area contributed by atoms with Crippen molar-refractivity contribution in [1.29, 1.82) is 0 Å². The standard InChI is InChI=1S/C23H20N2O3/c1-24-22(26)21-15-25(19-9-5-6-10-20(19)28-21)23(27)18-13-11-17(12-14-18)16-7-3-2-4-8-16/h2-14,21H,15H2,1H3,(H,24,26). The predicted molar refractivity (Wildman–Crippen MR) is 108 cm³/mol. The Morgan fingerprint density at radius 1 is 0.893 bits per heavy atom. The number of carbonyl (C=O) groups is 2. The van der Waals surface area contributed by atoms with Gasteiger partial charge in [-0.05, 0) is 35.4 Å². The smallest absolute Gasteiger partial charge is 0.262 e. The molecule has 0 saturated carbocycles. The van der Waals surface area contributed by atoms with Gasteiger partial charge in [0.15, 0.2) is 6.10 Å². The van der Waals surface area contributed by atoms with Crippen molar-refractivity contribution in [3.63, 3.8) is 0 Å². The maximum atomic E-state index is 13.2. The number of rotatable bonds is 3. The zero-order chi connectivity index (χ0) is 19.5. The Hall–Kier alpha value is -3.60. The molecule has 28 heavy (non-hydrogen) atoms. The van der Waals surface area contributed by atoms with Crippen LogP contribution in [0.4, 0.5) is 5.69 Å². The quantitative estimate of drug-likeness (QED) is 0.765. The number of amides is 2. The summed E-state index contributed by atoms with van der Waals surface area (Å²) in [5.41, 5.74) is 3.37. The monoisotopic (exact) mass is 372 g/mol. The summed E-state index contributed by atoms with van der Waals surface area (Å²) in [6, 6.07) is 24.8. The molecule has 0 aromatic heterocycles. The summed E-state index contributed by atoms with van der Waals surface area (Å²) in [7, 11) is 1.56. The first-order chi connectivity index (χ1) is 13.7. The molecular weight excluding hydrogens is 352 g/mol. The van der Waals surface area contributed by atoms with Gasteiger partial charge in [-0.15, -0.1) is 0 Å². The van der Waals surface area contributed by atoms with Crippen LogP contribution in [0.1, 0.15) is 10.4 Å². The molecule has 1 aliphatic heterocycles. The number of anilines is 1. The van der Waals surface area contributed by atoms with Gasteiger partial charge in [0, 0.05) is 12.6 Å². The lowest BCUT2D eigenvalue weighted by molar-refractivity contribution is -0.127. The minimum Gasteiger partial charge on any atom is -0.477 e. The topological polar surface area (TPSA) is 58.6 Å². The van der Waals surface area contributed by atoms with E-state index in [0.717, 1.165) is 11.1 Å². The average molecular weight is 372 g/mol. The molecule has 0 spiro atoms. The average Bonchev–Trinajstić information content (AvgIpc) is 2.78. The maximum Gasteiger partial charge on any atom is 0.262 e. The van der Waals surface area contributed by atoms with Crippen LogP contribution in [0, 0.1) is 0 Å². The number of nitrogens with zero attached hydrogens (tertiary/aromatic N) is 1. The van der Waals surface area contributed by atoms with Crippen molar-refractivity contribution >= 4 is 17.5 Å². The van der Waals surface area contributed by atoms with E-state index in [4.69, 9.17) is 4.74 Å². The normalized spacial score (nSPS) is 15.3. The van der Waals surface area contributed by atoms with Crippen molar-refractivity contribution in [1.82, 2.24) is 5.32 Å². The Bertz CT molecular complexity index is 1000. The third kappa shape index (κ3) is 3.34. The van der Waals surface area contributed by atoms with Crippen LogP contribution in [0.25, 0.3) is 11.1 Å². The Balaban J connectivity index is 1.64. The van der Waals surface area contributed by atoms with Gasteiger partial charge < -0.3 is 15.0 Å². The van der Waals surface area contributed by atoms with Crippen LogP contribution in [0.2, 0.25) is 0 Å². The summed E-state index contributed by atoms with van der Waals surface area (Å²) in [4.78, 5) is 26.9. The molecule has 140 valence electrons. The van der Waals surface area contributed by atoms with Gasteiger partial charge in [0.2, 0.25) is 0 Å². The number of hydrogen-bond acceptors (Lipinski definition) is 3. The molecular formula is C23H20N2O3. The van der Waals surface area contributed by atoms with Gasteiger partial charge in [-0.25, -0.2) is 0 Å². The van der Waals surface area contributed by atoms with Crippen LogP contribution < -0.4 is 15.0 Å². The molecule has 0 saturated heterocycles. The Kier molecular flexibility index (Phi) is 4.81. The minimum atomic E-state index is -0.743. The van der Waals surface area contributed by atoms with Crippen molar-refractivity contribution in [2.45, 2.75) is 6.10 Å². The highest BCUT2D eigenvalue weighted by atomic mass is 16.5. The molecule has 0 radical (unpaired) electrons. The summed E-state index contributed by atoms with van der Waals surface area (Å²) < 4.78 is 5.77. The van der Waals surface area contributed by atoms with E-state index in [1.54, 1.807) is 18.0 Å². The molecule has 1 heterocycles. The van der Waals surface area contributed by atoms with Gasteiger partial charge in [-0.1, -0.05) is 54.6 Å². The molecule has 1 aliphatic rings. The second-order valence-electron chi connectivity index (χ2n) is 6.55. The molecule has 3 aromatic rings. The highest BCUT2D eigenvalue weighted by Crippen LogP contribution is 2.34. The molecule has 0 fully saturated rings. The fourth-order valence-electron chi connectivity index (χ4n) is 3.32. The van der Waals surface area contributed by atoms with E-state index in [1.165, 1.54) is 0 Å². The second kappa shape index (κ2) is 7.56. The van der Waals surface area contributed by atoms with Crippen LogP contribution >= 0.6 is 0 Å². The second-order valence-corrected chi connectivity index (χ2v) is 6.55. The summed E-state index contributed by atoms with van der Waals surface area (Å²) in [6.07, 6.45) is -0.743. The fourth-order valence-corrected chi connectivity index (χ4v) is 3.32. The summed E-state index contributed by atoms with van der Waals surface area (Å²) >= 11 is 0. The highest BCUT2D eigenvalue weighted by molar-refractivity contribution is 6.08. The summed E-state index contributed by atoms with van der Waals surface area (Å²) in [5.74, 6) is 0.104. The van der Waals surface area contributed by atoms with Crippen LogP contribution in [0.3, 0.4) is 0 Å². The molecule has 5 nitrogen and oxygen atoms in total. The number of para-hydroxylation sites is 2. The van der Waals surface area contributed by atoms with Crippen molar-refractivity contribution in [2.24, 2.45) is 0 Å². The van der Waals surface area contributed by atoms with Gasteiger partial charge in [0.25, 0.3) is 11.8 Å². The third-order valence-corrected chi connectivity index (χ3v) is 4.80. The molecule has 1 unspecified atom stereocenters. The van der Waals surface area contributed by atoms with Crippen molar-refractivity contribution in [3.8, 4) is 16.9 Å². The number of carbonyl (C=O) groups excluding carboxylic acids is 2. The summed E-state index contributed by atoms with van der Waals surface area (Å²) in [5, 5.41) is 2.59. The molecule has 1 N–H and O–H groups in total. The summed E-state index contributed by atoms with van der Waals surface area (Å²) in [6.45, 7) is 0.163. The molecule has 1 atom stereocenters. The molecule has 3 aromatic carbocycles. The van der Waals surface area contributed by atoms with Crippen molar-refractivity contribution in [2.75, 3.05) is 18.5 Å². The Morgan fingerprint density at radius 2 is 1.54 bits per heavy atom. The number of nitrogens with one attached hydrogen (secondary N) is 1. The van der Waals surface area contributed by atoms with Gasteiger partial charge in [-0.2, -0.15) is 0 Å². The largest absolute Gasteiger partial charge is 0.477 e. The van der Waals surface area contributed by atoms with E-state index < -0.39 is 6.10 Å². The van der Waals surface area contributed by atoms with Crippen molar-refractivity contribution < 1.29 is 14.3 Å². The van der Waals surface area contributed by atoms with Gasteiger partial charge in [0.05, 0.1) is 12.2 Å². The molecule has 0 bridgehead atoms. The van der Waals surface area contributed by atoms with Gasteiger partial charge in [0.1, 0.15) is 5.75 Å². The van der Waals surface area contributed by atoms with Crippen LogP contribution in [0.15, 0.2) is 78.9 Å². The molecule has 0 aliphatic carbocycles. The Labute approximate surface area is 163 Å². The lowest BCUT2D eigenvalue weighted by Crippen LogP contribution is -2.50. The van der Waals surface area contributed by atoms with Crippen molar-refractivity contribution in [3.05, 3.63) is 84.4 Å². The van der Waals surface area contributed by atoms with Crippen LogP contribution in [0.5, 0.6) is 5.75 Å². The first-order valence-corrected chi connectivity index (χ1v) is 9.12. The first-order valence-electron chi connectivity index (χ1n) is 9.12. The molecule has 2 amide bonds. The maximum absolute atomic E-state index is 13.2. The number of hydrogen-bond donors (Lipinski definition) is 1. The fraction of sp³-hybridized carbons (Fsp3) is 0.130. The van der Waals surface area contributed by atoms with Gasteiger partial charge >= 0.3 is 0 Å². The first kappa shape index (κ1) is 17.8. The highest BCUT2D eigenvalue weighted by Gasteiger charge is 2.33. The molecule has 5 heteroatoms. The van der Waals surface area contributed by atoms with Crippen LogP contribution in [-0.2, 0) is 4.79 Å². The number of likely N-dealkylation sites (N-methyl/N-ethyl adjacent to an activating group) is 1. The van der Waals surface area contributed by atoms with E-state index >= 15 is 0 Å². The van der Waals surface area contributed by atoms with E-state index in [2.05, 4.69) is 5.32 Å². The Morgan fingerprint density at radius 3 is 2.25 bits per heavy atom. The number of fused-ring (bicyclic) bond motifs is 1. The van der Waals surface area contributed by atoms with Gasteiger partial charge in [-0.3, -0.25) is 9.59 Å². The zero-order valence-electron chi connectivity index (χ0n) is 15.5. The number of benzene rings is 3. The third-order valence-electron chi connectivity index (χ3n) is 4.80.